The standard InChI is InChI=1S/C14H19F2NO2S/c1-17(10-11-5-3-2-4-6-11)20(18,19)14-8-12(15)7-13(16)9-14/h7-9,11H,2-6,10H2,1H3. The van der Waals surface area contributed by atoms with Crippen molar-refractivity contribution in [2.75, 3.05) is 13.6 Å². The molecule has 0 spiro atoms. The van der Waals surface area contributed by atoms with E-state index < -0.39 is 21.7 Å². The van der Waals surface area contributed by atoms with Gasteiger partial charge in [-0.2, -0.15) is 0 Å². The van der Waals surface area contributed by atoms with Gasteiger partial charge in [0, 0.05) is 19.7 Å². The molecule has 0 radical (unpaired) electrons. The third kappa shape index (κ3) is 3.55. The quantitative estimate of drug-likeness (QED) is 0.857. The fraction of sp³-hybridized carbons (Fsp3) is 0.571. The Morgan fingerprint density at radius 1 is 1.10 bits per heavy atom. The first-order valence-corrected chi connectivity index (χ1v) is 8.26. The fourth-order valence-electron chi connectivity index (χ4n) is 2.69. The Kier molecular flexibility index (Phi) is 4.75. The zero-order valence-corrected chi connectivity index (χ0v) is 12.3. The maximum atomic E-state index is 13.2. The Morgan fingerprint density at radius 3 is 2.20 bits per heavy atom. The van der Waals surface area contributed by atoms with Crippen molar-refractivity contribution in [1.29, 1.82) is 0 Å². The zero-order chi connectivity index (χ0) is 14.8. The maximum absolute atomic E-state index is 13.2. The van der Waals surface area contributed by atoms with Crippen molar-refractivity contribution < 1.29 is 17.2 Å². The second kappa shape index (κ2) is 6.18. The minimum Gasteiger partial charge on any atom is -0.207 e. The van der Waals surface area contributed by atoms with Crippen molar-refractivity contribution in [3.05, 3.63) is 29.8 Å². The van der Waals surface area contributed by atoms with Crippen LogP contribution >= 0.6 is 0 Å². The Bertz CT molecular complexity index is 548. The summed E-state index contributed by atoms with van der Waals surface area (Å²) in [5.41, 5.74) is 0. The molecule has 1 saturated carbocycles. The molecule has 6 heteroatoms. The molecular weight excluding hydrogens is 284 g/mol. The van der Waals surface area contributed by atoms with E-state index >= 15 is 0 Å². The topological polar surface area (TPSA) is 37.4 Å². The summed E-state index contributed by atoms with van der Waals surface area (Å²) in [5, 5.41) is 0. The summed E-state index contributed by atoms with van der Waals surface area (Å²) in [6.45, 7) is 0.403. The van der Waals surface area contributed by atoms with Gasteiger partial charge in [-0.25, -0.2) is 21.5 Å². The number of nitrogens with zero attached hydrogens (tertiary/aromatic N) is 1. The molecule has 1 aromatic rings. The van der Waals surface area contributed by atoms with Gasteiger partial charge < -0.3 is 0 Å². The van der Waals surface area contributed by atoms with Crippen LogP contribution in [0, 0.1) is 17.6 Å². The van der Waals surface area contributed by atoms with E-state index in [-0.39, 0.29) is 4.90 Å². The molecule has 0 aromatic heterocycles. The van der Waals surface area contributed by atoms with E-state index in [2.05, 4.69) is 0 Å². The Balaban J connectivity index is 2.15. The van der Waals surface area contributed by atoms with Crippen LogP contribution in [0.5, 0.6) is 0 Å². The molecule has 1 aliphatic rings. The first-order valence-electron chi connectivity index (χ1n) is 6.82. The summed E-state index contributed by atoms with van der Waals surface area (Å²) >= 11 is 0. The second-order valence-electron chi connectivity index (χ2n) is 5.39. The molecule has 0 aliphatic heterocycles. The molecule has 112 valence electrons. The molecule has 2 rings (SSSR count). The molecule has 0 saturated heterocycles. The number of benzene rings is 1. The summed E-state index contributed by atoms with van der Waals surface area (Å²) in [5.74, 6) is -1.42. The molecule has 0 amide bonds. The van der Waals surface area contributed by atoms with Gasteiger partial charge in [-0.15, -0.1) is 0 Å². The van der Waals surface area contributed by atoms with Crippen molar-refractivity contribution in [1.82, 2.24) is 4.31 Å². The van der Waals surface area contributed by atoms with Crippen LogP contribution in [0.25, 0.3) is 0 Å². The maximum Gasteiger partial charge on any atom is 0.243 e. The highest BCUT2D eigenvalue weighted by Crippen LogP contribution is 2.26. The highest BCUT2D eigenvalue weighted by atomic mass is 32.2. The lowest BCUT2D eigenvalue weighted by atomic mass is 9.89. The first-order chi connectivity index (χ1) is 9.39. The van der Waals surface area contributed by atoms with Crippen molar-refractivity contribution in [3.63, 3.8) is 0 Å². The van der Waals surface area contributed by atoms with Crippen molar-refractivity contribution in [3.8, 4) is 0 Å². The third-order valence-electron chi connectivity index (χ3n) is 3.78. The van der Waals surface area contributed by atoms with E-state index in [4.69, 9.17) is 0 Å². The van der Waals surface area contributed by atoms with E-state index in [1.807, 2.05) is 0 Å². The Hall–Kier alpha value is -1.01. The molecule has 1 fully saturated rings. The van der Waals surface area contributed by atoms with E-state index in [0.717, 1.165) is 37.8 Å². The lowest BCUT2D eigenvalue weighted by molar-refractivity contribution is 0.300. The first kappa shape index (κ1) is 15.4. The number of rotatable bonds is 4. The Labute approximate surface area is 118 Å². The van der Waals surface area contributed by atoms with E-state index in [1.54, 1.807) is 0 Å². The highest BCUT2D eigenvalue weighted by molar-refractivity contribution is 7.89. The lowest BCUT2D eigenvalue weighted by Crippen LogP contribution is -2.32. The van der Waals surface area contributed by atoms with Crippen LogP contribution < -0.4 is 0 Å². The van der Waals surface area contributed by atoms with Gasteiger partial charge in [-0.05, 0) is 30.9 Å². The van der Waals surface area contributed by atoms with Gasteiger partial charge in [0.2, 0.25) is 10.0 Å². The van der Waals surface area contributed by atoms with Gasteiger partial charge in [0.25, 0.3) is 0 Å². The average molecular weight is 303 g/mol. The third-order valence-corrected chi connectivity index (χ3v) is 5.59. The van der Waals surface area contributed by atoms with E-state index in [0.29, 0.717) is 18.5 Å². The second-order valence-corrected chi connectivity index (χ2v) is 7.44. The number of halogens is 2. The van der Waals surface area contributed by atoms with Crippen LogP contribution in [0.1, 0.15) is 32.1 Å². The van der Waals surface area contributed by atoms with Crippen LogP contribution in [-0.4, -0.2) is 26.3 Å². The summed E-state index contributed by atoms with van der Waals surface area (Å²) in [7, 11) is -2.37. The summed E-state index contributed by atoms with van der Waals surface area (Å²) in [6.07, 6.45) is 5.46. The molecule has 0 heterocycles. The van der Waals surface area contributed by atoms with Crippen molar-refractivity contribution >= 4 is 10.0 Å². The van der Waals surface area contributed by atoms with Crippen LogP contribution in [0.15, 0.2) is 23.1 Å². The fourth-order valence-corrected chi connectivity index (χ4v) is 3.98. The molecule has 0 atom stereocenters. The van der Waals surface area contributed by atoms with Crippen LogP contribution in [-0.2, 0) is 10.0 Å². The van der Waals surface area contributed by atoms with Gasteiger partial charge >= 0.3 is 0 Å². The van der Waals surface area contributed by atoms with Crippen LogP contribution in [0.2, 0.25) is 0 Å². The van der Waals surface area contributed by atoms with Gasteiger partial charge in [0.15, 0.2) is 0 Å². The Morgan fingerprint density at radius 2 is 1.65 bits per heavy atom. The molecule has 3 nitrogen and oxygen atoms in total. The van der Waals surface area contributed by atoms with Crippen LogP contribution in [0.4, 0.5) is 8.78 Å². The predicted molar refractivity (Wildman–Crippen MR) is 72.7 cm³/mol. The normalized spacial score (nSPS) is 17.6. The van der Waals surface area contributed by atoms with Gasteiger partial charge in [-0.1, -0.05) is 19.3 Å². The monoisotopic (exact) mass is 303 g/mol. The molecule has 0 unspecified atom stereocenters. The number of sulfonamides is 1. The molecule has 0 N–H and O–H groups in total. The van der Waals surface area contributed by atoms with Crippen molar-refractivity contribution in [2.24, 2.45) is 5.92 Å². The zero-order valence-electron chi connectivity index (χ0n) is 11.5. The van der Waals surface area contributed by atoms with Crippen LogP contribution in [0.3, 0.4) is 0 Å². The smallest absolute Gasteiger partial charge is 0.207 e. The largest absolute Gasteiger partial charge is 0.243 e. The van der Waals surface area contributed by atoms with Crippen molar-refractivity contribution in [2.45, 2.75) is 37.0 Å². The summed E-state index contributed by atoms with van der Waals surface area (Å²) in [4.78, 5) is -0.326. The molecule has 1 aliphatic carbocycles. The predicted octanol–water partition coefficient (Wildman–Crippen LogP) is 3.17. The van der Waals surface area contributed by atoms with Gasteiger partial charge in [0.05, 0.1) is 4.90 Å². The summed E-state index contributed by atoms with van der Waals surface area (Å²) < 4.78 is 52.1. The minimum atomic E-state index is -3.83. The minimum absolute atomic E-state index is 0.326. The molecule has 1 aromatic carbocycles. The van der Waals surface area contributed by atoms with Gasteiger partial charge in [-0.3, -0.25) is 0 Å². The lowest BCUT2D eigenvalue weighted by Gasteiger charge is -2.26. The number of hydrogen-bond acceptors (Lipinski definition) is 2. The van der Waals surface area contributed by atoms with E-state index in [1.165, 1.54) is 17.8 Å². The SMILES string of the molecule is CN(CC1CCCCC1)S(=O)(=O)c1cc(F)cc(F)c1. The van der Waals surface area contributed by atoms with E-state index in [9.17, 15) is 17.2 Å². The molecular formula is C14H19F2NO2S. The summed E-state index contributed by atoms with van der Waals surface area (Å²) in [6, 6.07) is 2.38. The van der Waals surface area contributed by atoms with Gasteiger partial charge in [0.1, 0.15) is 11.6 Å². The molecule has 0 bridgehead atoms. The molecule has 20 heavy (non-hydrogen) atoms. The highest BCUT2D eigenvalue weighted by Gasteiger charge is 2.25. The number of hydrogen-bond donors (Lipinski definition) is 0. The average Bonchev–Trinajstić information content (AvgIpc) is 2.38.